The molecule has 1 unspecified atom stereocenters. The summed E-state index contributed by atoms with van der Waals surface area (Å²) in [5.74, 6) is 0.0488. The minimum atomic E-state index is -0.969. The summed E-state index contributed by atoms with van der Waals surface area (Å²) in [6, 6.07) is -0.616. The second-order valence-electron chi connectivity index (χ2n) is 4.85. The van der Waals surface area contributed by atoms with Crippen LogP contribution in [0.25, 0.3) is 0 Å². The van der Waals surface area contributed by atoms with Crippen molar-refractivity contribution in [3.8, 4) is 0 Å². The van der Waals surface area contributed by atoms with E-state index < -0.39 is 23.4 Å². The van der Waals surface area contributed by atoms with Crippen LogP contribution in [0, 0.1) is 0 Å². The Morgan fingerprint density at radius 2 is 1.96 bits per heavy atom. The van der Waals surface area contributed by atoms with Crippen LogP contribution in [0.2, 0.25) is 0 Å². The second kappa shape index (κ2) is 7.49. The molecule has 2 heterocycles. The number of hydrogen-bond acceptors (Lipinski definition) is 8. The normalized spacial score (nSPS) is 20.7. The van der Waals surface area contributed by atoms with E-state index in [9.17, 15) is 14.4 Å². The molecule has 0 bridgehead atoms. The molecule has 4 amide bonds. The van der Waals surface area contributed by atoms with E-state index in [4.69, 9.17) is 0 Å². The Hall–Kier alpha value is -1.33. The fraction of sp³-hybridized carbons (Fsp3) is 0.583. The van der Waals surface area contributed by atoms with E-state index in [0.717, 1.165) is 15.1 Å². The van der Waals surface area contributed by atoms with Gasteiger partial charge >= 0.3 is 6.03 Å². The number of carbonyl (C=O) groups is 3. The van der Waals surface area contributed by atoms with Crippen molar-refractivity contribution >= 4 is 52.7 Å². The van der Waals surface area contributed by atoms with E-state index in [1.165, 1.54) is 23.1 Å². The zero-order valence-corrected chi connectivity index (χ0v) is 15.4. The summed E-state index contributed by atoms with van der Waals surface area (Å²) in [5.41, 5.74) is 1.36. The van der Waals surface area contributed by atoms with E-state index in [1.54, 1.807) is 25.6 Å². The standard InChI is InChI=1S/C12H17N5O3S3/c1-4-12(3)8(19)17(9(20)13-12)16-7(18)6-22-11-15-14-10(23-11)21-5-2/h4-6H2,1-3H3,(H,13,20)(H,16,18). The number of carbonyl (C=O) groups excluding carboxylic acids is 3. The SMILES string of the molecule is CCSc1nnc(SCC(=O)NN2C(=O)NC(C)(CC)C2=O)s1. The van der Waals surface area contributed by atoms with Gasteiger partial charge in [-0.05, 0) is 19.1 Å². The molecule has 0 aromatic carbocycles. The molecule has 1 fully saturated rings. The Labute approximate surface area is 146 Å². The number of hydrogen-bond donors (Lipinski definition) is 2. The molecule has 1 saturated heterocycles. The van der Waals surface area contributed by atoms with Gasteiger partial charge in [0.1, 0.15) is 5.54 Å². The van der Waals surface area contributed by atoms with Gasteiger partial charge in [0.15, 0.2) is 8.68 Å². The minimum absolute atomic E-state index is 0.0469. The molecule has 11 heteroatoms. The highest BCUT2D eigenvalue weighted by Gasteiger charge is 2.47. The summed E-state index contributed by atoms with van der Waals surface area (Å²) < 4.78 is 1.52. The van der Waals surface area contributed by atoms with Gasteiger partial charge in [-0.15, -0.1) is 10.2 Å². The van der Waals surface area contributed by atoms with Crippen molar-refractivity contribution in [1.29, 1.82) is 0 Å². The Morgan fingerprint density at radius 3 is 2.52 bits per heavy atom. The minimum Gasteiger partial charge on any atom is -0.322 e. The van der Waals surface area contributed by atoms with Crippen LogP contribution in [0.3, 0.4) is 0 Å². The second-order valence-corrected chi connectivity index (χ2v) is 8.56. The molecule has 0 aliphatic carbocycles. The summed E-state index contributed by atoms with van der Waals surface area (Å²) >= 11 is 4.21. The van der Waals surface area contributed by atoms with Gasteiger partial charge in [0.25, 0.3) is 5.91 Å². The van der Waals surface area contributed by atoms with E-state index in [-0.39, 0.29) is 5.75 Å². The van der Waals surface area contributed by atoms with Crippen molar-refractivity contribution in [3.63, 3.8) is 0 Å². The fourth-order valence-corrected chi connectivity index (χ4v) is 4.46. The van der Waals surface area contributed by atoms with E-state index in [1.807, 2.05) is 6.92 Å². The molecule has 0 radical (unpaired) electrons. The Morgan fingerprint density at radius 1 is 1.30 bits per heavy atom. The first kappa shape index (κ1) is 18.0. The average Bonchev–Trinajstić information content (AvgIpc) is 3.05. The Balaban J connectivity index is 1.87. The quantitative estimate of drug-likeness (QED) is 0.549. The summed E-state index contributed by atoms with van der Waals surface area (Å²) in [6.07, 6.45) is 0.446. The maximum Gasteiger partial charge on any atom is 0.344 e. The largest absolute Gasteiger partial charge is 0.344 e. The third-order valence-corrected chi connectivity index (χ3v) is 6.26. The molecule has 1 aromatic rings. The summed E-state index contributed by atoms with van der Waals surface area (Å²) in [6.45, 7) is 5.44. The molecule has 23 heavy (non-hydrogen) atoms. The number of thioether (sulfide) groups is 2. The van der Waals surface area contributed by atoms with Gasteiger partial charge < -0.3 is 5.32 Å². The van der Waals surface area contributed by atoms with Crippen LogP contribution < -0.4 is 10.7 Å². The predicted octanol–water partition coefficient (Wildman–Crippen LogP) is 1.49. The van der Waals surface area contributed by atoms with Gasteiger partial charge in [-0.2, -0.15) is 5.01 Å². The maximum absolute atomic E-state index is 12.2. The van der Waals surface area contributed by atoms with Crippen LogP contribution >= 0.6 is 34.9 Å². The number of hydrazine groups is 1. The molecule has 0 spiro atoms. The zero-order chi connectivity index (χ0) is 17.0. The number of urea groups is 1. The zero-order valence-electron chi connectivity index (χ0n) is 12.9. The van der Waals surface area contributed by atoms with Crippen LogP contribution in [-0.4, -0.2) is 50.1 Å². The lowest BCUT2D eigenvalue weighted by Gasteiger charge is -2.19. The monoisotopic (exact) mass is 375 g/mol. The van der Waals surface area contributed by atoms with Gasteiger partial charge in [0.2, 0.25) is 5.91 Å². The Bertz CT molecular complexity index is 623. The van der Waals surface area contributed by atoms with E-state index in [0.29, 0.717) is 10.8 Å². The van der Waals surface area contributed by atoms with E-state index >= 15 is 0 Å². The summed E-state index contributed by atoms with van der Waals surface area (Å²) in [4.78, 5) is 35.9. The highest BCUT2D eigenvalue weighted by atomic mass is 32.2. The number of amides is 4. The van der Waals surface area contributed by atoms with Gasteiger partial charge in [-0.3, -0.25) is 15.0 Å². The third kappa shape index (κ3) is 4.15. The van der Waals surface area contributed by atoms with Gasteiger partial charge in [0, 0.05) is 0 Å². The molecule has 2 N–H and O–H groups in total. The summed E-state index contributed by atoms with van der Waals surface area (Å²) in [7, 11) is 0. The van der Waals surface area contributed by atoms with Crippen LogP contribution in [0.1, 0.15) is 27.2 Å². The molecule has 2 rings (SSSR count). The molecule has 126 valence electrons. The number of rotatable bonds is 7. The molecule has 1 aliphatic heterocycles. The smallest absolute Gasteiger partial charge is 0.322 e. The van der Waals surface area contributed by atoms with Crippen LogP contribution in [0.5, 0.6) is 0 Å². The van der Waals surface area contributed by atoms with Crippen LogP contribution in [0.15, 0.2) is 8.68 Å². The molecule has 1 aromatic heterocycles. The number of nitrogens with zero attached hydrogens (tertiary/aromatic N) is 3. The van der Waals surface area contributed by atoms with Crippen molar-refractivity contribution in [3.05, 3.63) is 0 Å². The Kier molecular flexibility index (Phi) is 5.87. The predicted molar refractivity (Wildman–Crippen MR) is 89.2 cm³/mol. The lowest BCUT2D eigenvalue weighted by atomic mass is 10.00. The average molecular weight is 376 g/mol. The topological polar surface area (TPSA) is 104 Å². The first-order chi connectivity index (χ1) is 10.9. The van der Waals surface area contributed by atoms with Crippen molar-refractivity contribution < 1.29 is 14.4 Å². The fourth-order valence-electron chi connectivity index (χ4n) is 1.75. The lowest BCUT2D eigenvalue weighted by molar-refractivity contribution is -0.137. The molecule has 0 saturated carbocycles. The van der Waals surface area contributed by atoms with Crippen molar-refractivity contribution in [2.45, 2.75) is 41.4 Å². The number of imide groups is 1. The maximum atomic E-state index is 12.2. The molecule has 8 nitrogen and oxygen atoms in total. The number of nitrogens with one attached hydrogen (secondary N) is 2. The molecule has 1 atom stereocenters. The van der Waals surface area contributed by atoms with Crippen LogP contribution in [-0.2, 0) is 9.59 Å². The molecular formula is C12H17N5O3S3. The highest BCUT2D eigenvalue weighted by Crippen LogP contribution is 2.28. The number of aromatic nitrogens is 2. The first-order valence-electron chi connectivity index (χ1n) is 6.95. The van der Waals surface area contributed by atoms with Gasteiger partial charge in [0.05, 0.1) is 5.75 Å². The first-order valence-corrected chi connectivity index (χ1v) is 9.73. The lowest BCUT2D eigenvalue weighted by Crippen LogP contribution is -2.49. The van der Waals surface area contributed by atoms with Crippen molar-refractivity contribution in [2.75, 3.05) is 11.5 Å². The van der Waals surface area contributed by atoms with Crippen molar-refractivity contribution in [1.82, 2.24) is 25.9 Å². The van der Waals surface area contributed by atoms with E-state index in [2.05, 4.69) is 20.9 Å². The van der Waals surface area contributed by atoms with Crippen molar-refractivity contribution in [2.24, 2.45) is 0 Å². The third-order valence-electron chi connectivity index (χ3n) is 3.19. The van der Waals surface area contributed by atoms with Crippen LogP contribution in [0.4, 0.5) is 4.79 Å². The molecule has 1 aliphatic rings. The van der Waals surface area contributed by atoms with Gasteiger partial charge in [-0.1, -0.05) is 48.7 Å². The molecular weight excluding hydrogens is 358 g/mol. The highest BCUT2D eigenvalue weighted by molar-refractivity contribution is 8.03. The summed E-state index contributed by atoms with van der Waals surface area (Å²) in [5, 5.41) is 11.3. The van der Waals surface area contributed by atoms with Gasteiger partial charge in [-0.25, -0.2) is 4.79 Å².